The highest BCUT2D eigenvalue weighted by Crippen LogP contribution is 2.38. The highest BCUT2D eigenvalue weighted by Gasteiger charge is 2.37. The molecule has 6 heteroatoms. The van der Waals surface area contributed by atoms with Gasteiger partial charge in [-0.3, -0.25) is 4.79 Å². The number of carbonyl (C=O) groups excluding carboxylic acids is 1. The predicted molar refractivity (Wildman–Crippen MR) is 82.6 cm³/mol. The van der Waals surface area contributed by atoms with Gasteiger partial charge in [0.1, 0.15) is 0 Å². The van der Waals surface area contributed by atoms with Gasteiger partial charge in [-0.1, -0.05) is 32.1 Å². The van der Waals surface area contributed by atoms with Gasteiger partial charge in [0.15, 0.2) is 0 Å². The first-order valence-electron chi connectivity index (χ1n) is 8.38. The summed E-state index contributed by atoms with van der Waals surface area (Å²) in [5.74, 6) is -0.799. The van der Waals surface area contributed by atoms with Crippen molar-refractivity contribution >= 4 is 12.0 Å². The summed E-state index contributed by atoms with van der Waals surface area (Å²) in [6.07, 6.45) is 8.64. The average molecular weight is 312 g/mol. The molecule has 4 N–H and O–H groups in total. The Morgan fingerprint density at radius 2 is 1.55 bits per heavy atom. The zero-order valence-corrected chi connectivity index (χ0v) is 13.2. The number of carboxylic acid groups (broad SMARTS) is 1. The molecule has 2 saturated carbocycles. The highest BCUT2D eigenvalue weighted by atomic mass is 16.4. The molecule has 2 aliphatic rings. The van der Waals surface area contributed by atoms with Gasteiger partial charge >= 0.3 is 12.0 Å². The lowest BCUT2D eigenvalue weighted by molar-refractivity contribution is -0.140. The third-order valence-electron chi connectivity index (χ3n) is 5.31. The Bertz CT molecular complexity index is 399. The van der Waals surface area contributed by atoms with Gasteiger partial charge < -0.3 is 20.8 Å². The number of rotatable bonds is 6. The molecule has 2 amide bonds. The summed E-state index contributed by atoms with van der Waals surface area (Å²) in [6, 6.07) is -0.286. The number of aliphatic carboxylic acids is 1. The zero-order chi connectivity index (χ0) is 16.1. The number of hydrogen-bond acceptors (Lipinski definition) is 3. The van der Waals surface area contributed by atoms with Gasteiger partial charge in [0.25, 0.3) is 0 Å². The van der Waals surface area contributed by atoms with Crippen LogP contribution in [-0.4, -0.2) is 40.9 Å². The predicted octanol–water partition coefficient (Wildman–Crippen LogP) is 2.02. The van der Waals surface area contributed by atoms with Crippen molar-refractivity contribution in [2.24, 2.45) is 5.41 Å². The van der Waals surface area contributed by atoms with E-state index in [2.05, 4.69) is 10.6 Å². The van der Waals surface area contributed by atoms with Gasteiger partial charge in [0.2, 0.25) is 0 Å². The van der Waals surface area contributed by atoms with E-state index in [9.17, 15) is 14.7 Å². The fourth-order valence-corrected chi connectivity index (χ4v) is 3.97. The van der Waals surface area contributed by atoms with Crippen LogP contribution in [0.2, 0.25) is 0 Å². The number of aliphatic hydroxyl groups is 1. The molecular weight excluding hydrogens is 284 g/mol. The van der Waals surface area contributed by atoms with E-state index >= 15 is 0 Å². The molecule has 2 rings (SSSR count). The maximum Gasteiger partial charge on any atom is 0.315 e. The van der Waals surface area contributed by atoms with Crippen molar-refractivity contribution in [3.8, 4) is 0 Å². The van der Waals surface area contributed by atoms with Crippen molar-refractivity contribution in [1.82, 2.24) is 10.6 Å². The molecule has 0 spiro atoms. The molecular formula is C16H28N2O4. The Morgan fingerprint density at radius 3 is 2.09 bits per heavy atom. The maximum atomic E-state index is 12.2. The number of nitrogens with one attached hydrogen (secondary N) is 2. The van der Waals surface area contributed by atoms with Gasteiger partial charge in [0.05, 0.1) is 18.6 Å². The van der Waals surface area contributed by atoms with Crippen LogP contribution in [0.3, 0.4) is 0 Å². The summed E-state index contributed by atoms with van der Waals surface area (Å²) < 4.78 is 0. The standard InChI is InChI=1S/C16H28N2O4/c19-12-16(8-4-5-9-16)18-14(22)17-11-15(10-13(20)21)6-2-1-3-7-15/h19H,1-12H2,(H,20,21)(H2,17,18,22). The van der Waals surface area contributed by atoms with Crippen LogP contribution in [0.5, 0.6) is 0 Å². The lowest BCUT2D eigenvalue weighted by Crippen LogP contribution is -2.54. The third kappa shape index (κ3) is 4.35. The van der Waals surface area contributed by atoms with Crippen molar-refractivity contribution in [3.05, 3.63) is 0 Å². The molecule has 2 fully saturated rings. The van der Waals surface area contributed by atoms with Crippen LogP contribution in [0.1, 0.15) is 64.2 Å². The van der Waals surface area contributed by atoms with E-state index < -0.39 is 11.5 Å². The normalized spacial score (nSPS) is 23.0. The van der Waals surface area contributed by atoms with Gasteiger partial charge in [-0.25, -0.2) is 4.79 Å². The summed E-state index contributed by atoms with van der Waals surface area (Å²) >= 11 is 0. The zero-order valence-electron chi connectivity index (χ0n) is 13.2. The first-order chi connectivity index (χ1) is 10.5. The van der Waals surface area contributed by atoms with E-state index in [0.717, 1.165) is 57.8 Å². The van der Waals surface area contributed by atoms with Crippen LogP contribution in [0, 0.1) is 5.41 Å². The molecule has 22 heavy (non-hydrogen) atoms. The van der Waals surface area contributed by atoms with Crippen LogP contribution in [0.25, 0.3) is 0 Å². The lowest BCUT2D eigenvalue weighted by atomic mass is 9.72. The van der Waals surface area contributed by atoms with Crippen molar-refractivity contribution in [2.45, 2.75) is 69.7 Å². The molecule has 126 valence electrons. The minimum absolute atomic E-state index is 0.0410. The SMILES string of the molecule is O=C(O)CC1(CNC(=O)NC2(CO)CCCC2)CCCCC1. The topological polar surface area (TPSA) is 98.7 Å². The maximum absolute atomic E-state index is 12.2. The number of aliphatic hydroxyl groups excluding tert-OH is 1. The van der Waals surface area contributed by atoms with E-state index in [1.165, 1.54) is 0 Å². The van der Waals surface area contributed by atoms with E-state index in [1.807, 2.05) is 0 Å². The molecule has 0 saturated heterocycles. The minimum Gasteiger partial charge on any atom is -0.481 e. The Kier molecular flexibility index (Phi) is 5.67. The number of hydrogen-bond donors (Lipinski definition) is 4. The molecule has 0 heterocycles. The monoisotopic (exact) mass is 312 g/mol. The quantitative estimate of drug-likeness (QED) is 0.603. The van der Waals surface area contributed by atoms with Crippen LogP contribution in [0.15, 0.2) is 0 Å². The Labute approximate surface area is 131 Å². The smallest absolute Gasteiger partial charge is 0.315 e. The second kappa shape index (κ2) is 7.31. The van der Waals surface area contributed by atoms with E-state index in [-0.39, 0.29) is 24.5 Å². The van der Waals surface area contributed by atoms with Gasteiger partial charge in [-0.15, -0.1) is 0 Å². The van der Waals surface area contributed by atoms with E-state index in [4.69, 9.17) is 5.11 Å². The van der Waals surface area contributed by atoms with Crippen molar-refractivity contribution in [3.63, 3.8) is 0 Å². The van der Waals surface area contributed by atoms with Crippen LogP contribution >= 0.6 is 0 Å². The van der Waals surface area contributed by atoms with Crippen molar-refractivity contribution < 1.29 is 19.8 Å². The fourth-order valence-electron chi connectivity index (χ4n) is 3.97. The average Bonchev–Trinajstić information content (AvgIpc) is 2.95. The number of carboxylic acids is 1. The summed E-state index contributed by atoms with van der Waals surface area (Å²) in [5, 5.41) is 24.4. The largest absolute Gasteiger partial charge is 0.481 e. The molecule has 0 aromatic heterocycles. The third-order valence-corrected chi connectivity index (χ3v) is 5.31. The Balaban J connectivity index is 1.88. The van der Waals surface area contributed by atoms with Crippen LogP contribution in [-0.2, 0) is 4.79 Å². The van der Waals surface area contributed by atoms with Crippen molar-refractivity contribution in [1.29, 1.82) is 0 Å². The molecule has 0 unspecified atom stereocenters. The first-order valence-corrected chi connectivity index (χ1v) is 8.38. The van der Waals surface area contributed by atoms with Crippen LogP contribution < -0.4 is 10.6 Å². The van der Waals surface area contributed by atoms with E-state index in [0.29, 0.717) is 6.54 Å². The lowest BCUT2D eigenvalue weighted by Gasteiger charge is -2.37. The summed E-state index contributed by atoms with van der Waals surface area (Å²) in [4.78, 5) is 23.3. The van der Waals surface area contributed by atoms with Gasteiger partial charge in [0, 0.05) is 6.54 Å². The molecule has 0 radical (unpaired) electrons. The number of carbonyl (C=O) groups is 2. The molecule has 0 bridgehead atoms. The van der Waals surface area contributed by atoms with Crippen molar-refractivity contribution in [2.75, 3.05) is 13.2 Å². The minimum atomic E-state index is -0.799. The van der Waals surface area contributed by atoms with Gasteiger partial charge in [-0.05, 0) is 31.1 Å². The van der Waals surface area contributed by atoms with Gasteiger partial charge in [-0.2, -0.15) is 0 Å². The second-order valence-corrected chi connectivity index (χ2v) is 7.08. The first kappa shape index (κ1) is 17.1. The molecule has 6 nitrogen and oxygen atoms in total. The summed E-state index contributed by atoms with van der Waals surface area (Å²) in [7, 11) is 0. The Morgan fingerprint density at radius 1 is 0.955 bits per heavy atom. The summed E-state index contributed by atoms with van der Waals surface area (Å²) in [6.45, 7) is 0.354. The summed E-state index contributed by atoms with van der Waals surface area (Å²) in [5.41, 5.74) is -0.805. The molecule has 0 aliphatic heterocycles. The van der Waals surface area contributed by atoms with Crippen LogP contribution in [0.4, 0.5) is 4.79 Å². The molecule has 2 aliphatic carbocycles. The molecule has 0 aromatic rings. The fraction of sp³-hybridized carbons (Fsp3) is 0.875. The number of urea groups is 1. The number of amides is 2. The highest BCUT2D eigenvalue weighted by molar-refractivity contribution is 5.75. The second-order valence-electron chi connectivity index (χ2n) is 7.08. The Hall–Kier alpha value is -1.30. The molecule has 0 atom stereocenters. The molecule has 0 aromatic carbocycles. The van der Waals surface area contributed by atoms with E-state index in [1.54, 1.807) is 0 Å².